The van der Waals surface area contributed by atoms with Gasteiger partial charge in [0.05, 0.1) is 36.4 Å². The van der Waals surface area contributed by atoms with E-state index in [0.29, 0.717) is 49.9 Å². The van der Waals surface area contributed by atoms with Crippen LogP contribution in [0, 0.1) is 46.3 Å². The predicted molar refractivity (Wildman–Crippen MR) is 161 cm³/mol. The second-order valence-electron chi connectivity index (χ2n) is 16.4. The number of likely N-dealkylation sites (tertiary alicyclic amines) is 2. The van der Waals surface area contributed by atoms with Crippen LogP contribution >= 0.6 is 0 Å². The maximum atomic E-state index is 12.4. The second-order valence-corrected chi connectivity index (χ2v) is 16.4. The maximum Gasteiger partial charge on any atom is 2.00 e. The first-order valence-corrected chi connectivity index (χ1v) is 17.3. The molecule has 0 aromatic carbocycles. The van der Waals surface area contributed by atoms with Crippen molar-refractivity contribution in [2.75, 3.05) is 26.2 Å². The molecule has 0 aromatic rings. The average Bonchev–Trinajstić information content (AvgIpc) is 3.62. The minimum absolute atomic E-state index is 0. The van der Waals surface area contributed by atoms with Gasteiger partial charge in [0.25, 0.3) is 0 Å². The molecule has 10 fully saturated rings. The summed E-state index contributed by atoms with van der Waals surface area (Å²) in [7, 11) is 0. The van der Waals surface area contributed by atoms with E-state index in [9.17, 15) is 19.8 Å². The number of hydrogen-bond acceptors (Lipinski definition) is 8. The van der Waals surface area contributed by atoms with Gasteiger partial charge in [-0.1, -0.05) is 0 Å². The third-order valence-corrected chi connectivity index (χ3v) is 12.7. The summed E-state index contributed by atoms with van der Waals surface area (Å²) in [5, 5.41) is 46.8. The first-order valence-electron chi connectivity index (χ1n) is 17.3. The minimum atomic E-state index is -0.497. The number of rotatable bonds is 6. The number of nitriles is 2. The summed E-state index contributed by atoms with van der Waals surface area (Å²) in [6.45, 7) is 2.04. The van der Waals surface area contributed by atoms with Crippen molar-refractivity contribution in [1.29, 1.82) is 10.5 Å². The van der Waals surface area contributed by atoms with Gasteiger partial charge in [0.15, 0.2) is 0 Å². The third-order valence-electron chi connectivity index (χ3n) is 12.7. The fraction of sp³-hybridized carbons (Fsp3) is 0.882. The zero-order valence-corrected chi connectivity index (χ0v) is 31.7. The third kappa shape index (κ3) is 7.10. The van der Waals surface area contributed by atoms with Crippen LogP contribution in [0.25, 0.3) is 0 Å². The van der Waals surface area contributed by atoms with Crippen LogP contribution < -0.4 is 27.6 Å². The van der Waals surface area contributed by atoms with E-state index in [1.807, 2.05) is 0 Å². The molecule has 0 radical (unpaired) electrons. The van der Waals surface area contributed by atoms with Crippen molar-refractivity contribution in [2.45, 2.75) is 137 Å². The van der Waals surface area contributed by atoms with Crippen molar-refractivity contribution < 1.29 is 56.3 Å². The van der Waals surface area contributed by atoms with Gasteiger partial charge in [-0.25, -0.2) is 0 Å². The first-order chi connectivity index (χ1) is 21.0. The van der Waals surface area contributed by atoms with Gasteiger partial charge in [0, 0.05) is 24.2 Å². The Hall–Kier alpha value is -1.14. The zero-order chi connectivity index (χ0) is 30.7. The monoisotopic (exact) mass is 749 g/mol. The van der Waals surface area contributed by atoms with Gasteiger partial charge in [-0.15, -0.1) is 0 Å². The Kier molecular flexibility index (Phi) is 10.7. The largest absolute Gasteiger partial charge is 2.00 e. The number of carbonyl (C=O) groups excluding carboxylic acids is 2. The van der Waals surface area contributed by atoms with Crippen LogP contribution in [0.15, 0.2) is 0 Å². The molecular weight excluding hydrogens is 702 g/mol. The molecule has 248 valence electrons. The normalized spacial score (nSPS) is 44.0. The Labute approximate surface area is 296 Å². The van der Waals surface area contributed by atoms with Crippen LogP contribution in [-0.2, 0) is 29.1 Å². The number of amides is 2. The van der Waals surface area contributed by atoms with Gasteiger partial charge in [-0.2, -0.15) is 10.5 Å². The van der Waals surface area contributed by atoms with Crippen LogP contribution in [0.1, 0.15) is 103 Å². The average molecular weight is 752 g/mol. The molecule has 0 spiro atoms. The molecule has 2 heterocycles. The summed E-state index contributed by atoms with van der Waals surface area (Å²) in [5.74, 6) is 2.57. The summed E-state index contributed by atoms with van der Waals surface area (Å²) in [6.07, 6.45) is 15.7. The van der Waals surface area contributed by atoms with Crippen LogP contribution in [-0.4, -0.2) is 92.4 Å². The van der Waals surface area contributed by atoms with Crippen LogP contribution in [0.2, 0.25) is 0 Å². The number of halogens is 1. The van der Waals surface area contributed by atoms with Gasteiger partial charge in [0.1, 0.15) is 12.1 Å². The number of aliphatic hydroxyl groups is 2. The Balaban J connectivity index is 0.000000174. The Morgan fingerprint density at radius 3 is 1.33 bits per heavy atom. The Morgan fingerprint density at radius 2 is 1.02 bits per heavy atom. The smallest absolute Gasteiger partial charge is 1.00 e. The second kappa shape index (κ2) is 13.6. The van der Waals surface area contributed by atoms with Gasteiger partial charge in [-0.3, -0.25) is 9.59 Å². The Bertz CT molecular complexity index is 1130. The van der Waals surface area contributed by atoms with Crippen molar-refractivity contribution >= 4 is 11.8 Å². The molecule has 8 aliphatic carbocycles. The molecule has 4 N–H and O–H groups in total. The standard InChI is InChI=1S/2C17H25N3O2.BrH.Zn/c2*18-9-14-2-1-3-20(14)15(21)10-19-16-5-12-4-13(6-16)8-17(22,7-12)11-16;;/h2*12-14,19,22H,1-8,10-11H2;1H;/q;;;+2/p-1/t2*12?,13?,14-,16?,17?;;/m00../s1. The summed E-state index contributed by atoms with van der Waals surface area (Å²) in [5.41, 5.74) is -1.08. The summed E-state index contributed by atoms with van der Waals surface area (Å²) in [6, 6.07) is 3.98. The number of nitrogens with zero attached hydrogens (tertiary/aromatic N) is 4. The predicted octanol–water partition coefficient (Wildman–Crippen LogP) is -0.650. The number of nitrogens with one attached hydrogen (secondary N) is 2. The summed E-state index contributed by atoms with van der Waals surface area (Å²) < 4.78 is 0. The van der Waals surface area contributed by atoms with Crippen LogP contribution in [0.5, 0.6) is 0 Å². The quantitative estimate of drug-likeness (QED) is 0.262. The number of hydrogen-bond donors (Lipinski definition) is 4. The van der Waals surface area contributed by atoms with Gasteiger partial charge in [-0.05, 0) is 126 Å². The molecule has 46 heavy (non-hydrogen) atoms. The molecule has 10 aliphatic rings. The molecule has 4 unspecified atom stereocenters. The van der Waals surface area contributed by atoms with Crippen molar-refractivity contribution in [1.82, 2.24) is 20.4 Å². The molecule has 10 rings (SSSR count). The summed E-state index contributed by atoms with van der Waals surface area (Å²) >= 11 is 0. The molecule has 2 amide bonds. The molecule has 6 atom stereocenters. The number of carbonyl (C=O) groups is 2. The van der Waals surface area contributed by atoms with E-state index >= 15 is 0 Å². The van der Waals surface area contributed by atoms with Crippen LogP contribution in [0.3, 0.4) is 0 Å². The van der Waals surface area contributed by atoms with E-state index in [-0.39, 0.29) is 71.4 Å². The maximum absolute atomic E-state index is 12.4. The van der Waals surface area contributed by atoms with Crippen molar-refractivity contribution in [3.05, 3.63) is 0 Å². The van der Waals surface area contributed by atoms with Crippen molar-refractivity contribution in [2.24, 2.45) is 23.7 Å². The molecule has 0 aromatic heterocycles. The first kappa shape index (κ1) is 36.2. The van der Waals surface area contributed by atoms with Gasteiger partial charge >= 0.3 is 19.5 Å². The molecule has 2 aliphatic heterocycles. The molecule has 10 nitrogen and oxygen atoms in total. The van der Waals surface area contributed by atoms with E-state index in [2.05, 4.69) is 22.8 Å². The van der Waals surface area contributed by atoms with E-state index in [1.165, 1.54) is 12.8 Å². The SMILES string of the molecule is N#C[C@@H]1CCCN1C(=O)CNC12CC3CC(CC(O)(C3)C1)C2.N#C[C@@H]1CCCN1C(=O)CNC12CC3CC(CC(O)(C3)C1)C2.[Br-].[Zn+2]. The van der Waals surface area contributed by atoms with E-state index in [4.69, 9.17) is 10.5 Å². The van der Waals surface area contributed by atoms with Crippen LogP contribution in [0.4, 0.5) is 0 Å². The van der Waals surface area contributed by atoms with E-state index < -0.39 is 11.2 Å². The fourth-order valence-electron chi connectivity index (χ4n) is 12.0. The zero-order valence-electron chi connectivity index (χ0n) is 27.2. The van der Waals surface area contributed by atoms with Crippen molar-refractivity contribution in [3.8, 4) is 12.1 Å². The molecule has 12 heteroatoms. The molecular formula is C34H50BrN6O4Zn+. The summed E-state index contributed by atoms with van der Waals surface area (Å²) in [4.78, 5) is 28.3. The minimum Gasteiger partial charge on any atom is -1.00 e. The van der Waals surface area contributed by atoms with E-state index in [0.717, 1.165) is 89.9 Å². The van der Waals surface area contributed by atoms with Gasteiger partial charge in [0.2, 0.25) is 11.8 Å². The molecule has 8 bridgehead atoms. The molecule has 2 saturated heterocycles. The Morgan fingerprint density at radius 1 is 0.674 bits per heavy atom. The topological polar surface area (TPSA) is 153 Å². The van der Waals surface area contributed by atoms with Gasteiger partial charge < -0.3 is 47.6 Å². The molecule has 8 saturated carbocycles. The fourth-order valence-corrected chi connectivity index (χ4v) is 12.0. The van der Waals surface area contributed by atoms with E-state index in [1.54, 1.807) is 9.80 Å². The van der Waals surface area contributed by atoms with Crippen molar-refractivity contribution in [3.63, 3.8) is 0 Å².